The van der Waals surface area contributed by atoms with E-state index in [4.69, 9.17) is 4.74 Å². The third-order valence-corrected chi connectivity index (χ3v) is 3.96. The number of hydrogen-bond acceptors (Lipinski definition) is 3. The van der Waals surface area contributed by atoms with Gasteiger partial charge in [0, 0.05) is 36.3 Å². The molecule has 0 bridgehead atoms. The first kappa shape index (κ1) is 15.1. The largest absolute Gasteiger partial charge is 0.497 e. The summed E-state index contributed by atoms with van der Waals surface area (Å²) in [6, 6.07) is 19.2. The molecule has 0 spiro atoms. The minimum Gasteiger partial charge on any atom is -0.497 e. The Morgan fingerprint density at radius 1 is 0.913 bits per heavy atom. The van der Waals surface area contributed by atoms with Crippen molar-refractivity contribution in [3.8, 4) is 5.75 Å². The standard InChI is InChI=1S/C20H19NO2/c1-21(2)19-12-11-18(16-9-4-5-10-17(16)19)20(22)14-7-6-8-15(13-14)23-3/h4-13H,1-3H3. The highest BCUT2D eigenvalue weighted by molar-refractivity contribution is 6.18. The monoisotopic (exact) mass is 305 g/mol. The number of nitrogens with zero attached hydrogens (tertiary/aromatic N) is 1. The molecule has 0 amide bonds. The molecule has 3 nitrogen and oxygen atoms in total. The highest BCUT2D eigenvalue weighted by atomic mass is 16.5. The Morgan fingerprint density at radius 3 is 2.35 bits per heavy atom. The average molecular weight is 305 g/mol. The summed E-state index contributed by atoms with van der Waals surface area (Å²) in [6.07, 6.45) is 0. The highest BCUT2D eigenvalue weighted by Crippen LogP contribution is 2.30. The molecule has 0 aliphatic heterocycles. The zero-order valence-electron chi connectivity index (χ0n) is 13.5. The van der Waals surface area contributed by atoms with Crippen molar-refractivity contribution in [1.29, 1.82) is 0 Å². The summed E-state index contributed by atoms with van der Waals surface area (Å²) in [5.41, 5.74) is 2.44. The van der Waals surface area contributed by atoms with Crippen LogP contribution < -0.4 is 9.64 Å². The Morgan fingerprint density at radius 2 is 1.65 bits per heavy atom. The summed E-state index contributed by atoms with van der Waals surface area (Å²) in [7, 11) is 5.61. The Balaban J connectivity index is 2.16. The fourth-order valence-electron chi connectivity index (χ4n) is 2.79. The van der Waals surface area contributed by atoms with E-state index >= 15 is 0 Å². The summed E-state index contributed by atoms with van der Waals surface area (Å²) in [5.74, 6) is 0.690. The predicted octanol–water partition coefficient (Wildman–Crippen LogP) is 4.15. The molecular formula is C20H19NO2. The lowest BCUT2D eigenvalue weighted by Gasteiger charge is -2.17. The number of benzene rings is 3. The molecule has 23 heavy (non-hydrogen) atoms. The average Bonchev–Trinajstić information content (AvgIpc) is 2.60. The molecule has 0 atom stereocenters. The van der Waals surface area contributed by atoms with E-state index in [1.54, 1.807) is 13.2 Å². The van der Waals surface area contributed by atoms with Gasteiger partial charge < -0.3 is 9.64 Å². The molecule has 0 aliphatic rings. The number of carbonyl (C=O) groups excluding carboxylic acids is 1. The van der Waals surface area contributed by atoms with Gasteiger partial charge >= 0.3 is 0 Å². The Labute approximate surface area is 136 Å². The van der Waals surface area contributed by atoms with Crippen molar-refractivity contribution >= 4 is 22.2 Å². The molecule has 3 rings (SSSR count). The van der Waals surface area contributed by atoms with Crippen LogP contribution >= 0.6 is 0 Å². The van der Waals surface area contributed by atoms with E-state index in [1.807, 2.05) is 68.7 Å². The number of rotatable bonds is 4. The molecule has 0 aromatic heterocycles. The third kappa shape index (κ3) is 2.78. The van der Waals surface area contributed by atoms with Crippen LogP contribution in [0.3, 0.4) is 0 Å². The van der Waals surface area contributed by atoms with Crippen LogP contribution in [0.25, 0.3) is 10.8 Å². The third-order valence-electron chi connectivity index (χ3n) is 3.96. The molecule has 0 N–H and O–H groups in total. The summed E-state index contributed by atoms with van der Waals surface area (Å²) < 4.78 is 5.22. The zero-order chi connectivity index (χ0) is 16.4. The molecule has 0 unspecified atom stereocenters. The van der Waals surface area contributed by atoms with Crippen molar-refractivity contribution in [2.75, 3.05) is 26.1 Å². The fourth-order valence-corrected chi connectivity index (χ4v) is 2.79. The summed E-state index contributed by atoms with van der Waals surface area (Å²) in [6.45, 7) is 0. The number of ketones is 1. The van der Waals surface area contributed by atoms with Gasteiger partial charge in [-0.15, -0.1) is 0 Å². The highest BCUT2D eigenvalue weighted by Gasteiger charge is 2.15. The number of ether oxygens (including phenoxy) is 1. The van der Waals surface area contributed by atoms with Gasteiger partial charge in [0.25, 0.3) is 0 Å². The molecule has 0 heterocycles. The summed E-state index contributed by atoms with van der Waals surface area (Å²) in [4.78, 5) is 15.0. The first-order chi connectivity index (χ1) is 11.1. The number of hydrogen-bond donors (Lipinski definition) is 0. The van der Waals surface area contributed by atoms with E-state index in [1.165, 1.54) is 0 Å². The van der Waals surface area contributed by atoms with Gasteiger partial charge in [-0.2, -0.15) is 0 Å². The SMILES string of the molecule is COc1cccc(C(=O)c2ccc(N(C)C)c3ccccc23)c1. The van der Waals surface area contributed by atoms with Crippen molar-refractivity contribution < 1.29 is 9.53 Å². The number of methoxy groups -OCH3 is 1. The van der Waals surface area contributed by atoms with Crippen LogP contribution in [0.2, 0.25) is 0 Å². The zero-order valence-corrected chi connectivity index (χ0v) is 13.5. The van der Waals surface area contributed by atoms with Gasteiger partial charge in [-0.3, -0.25) is 4.79 Å². The molecule has 0 saturated heterocycles. The normalized spacial score (nSPS) is 10.6. The van der Waals surface area contributed by atoms with E-state index in [-0.39, 0.29) is 5.78 Å². The van der Waals surface area contributed by atoms with E-state index in [0.717, 1.165) is 16.5 Å². The fraction of sp³-hybridized carbons (Fsp3) is 0.150. The molecule has 3 heteroatoms. The van der Waals surface area contributed by atoms with Crippen molar-refractivity contribution in [2.45, 2.75) is 0 Å². The summed E-state index contributed by atoms with van der Waals surface area (Å²) >= 11 is 0. The second-order valence-corrected chi connectivity index (χ2v) is 5.63. The Hall–Kier alpha value is -2.81. The first-order valence-corrected chi connectivity index (χ1v) is 7.49. The predicted molar refractivity (Wildman–Crippen MR) is 94.7 cm³/mol. The molecule has 0 saturated carbocycles. The number of fused-ring (bicyclic) bond motifs is 1. The quantitative estimate of drug-likeness (QED) is 0.678. The van der Waals surface area contributed by atoms with Gasteiger partial charge in [0.05, 0.1) is 7.11 Å². The van der Waals surface area contributed by atoms with Gasteiger partial charge in [0.15, 0.2) is 5.78 Å². The van der Waals surface area contributed by atoms with Crippen molar-refractivity contribution in [3.05, 3.63) is 71.8 Å². The molecule has 0 radical (unpaired) electrons. The van der Waals surface area contributed by atoms with Gasteiger partial charge in [-0.05, 0) is 29.7 Å². The molecule has 3 aromatic carbocycles. The van der Waals surface area contributed by atoms with E-state index in [2.05, 4.69) is 4.90 Å². The topological polar surface area (TPSA) is 29.5 Å². The lowest BCUT2D eigenvalue weighted by Crippen LogP contribution is -2.10. The van der Waals surface area contributed by atoms with Crippen LogP contribution in [0.1, 0.15) is 15.9 Å². The smallest absolute Gasteiger partial charge is 0.193 e. The second kappa shape index (κ2) is 6.13. The van der Waals surface area contributed by atoms with Crippen LogP contribution in [0.5, 0.6) is 5.75 Å². The van der Waals surface area contributed by atoms with Gasteiger partial charge in [0.1, 0.15) is 5.75 Å². The molecule has 0 fully saturated rings. The molecule has 116 valence electrons. The Kier molecular flexibility index (Phi) is 4.02. The van der Waals surface area contributed by atoms with Crippen LogP contribution in [-0.2, 0) is 0 Å². The number of anilines is 1. The van der Waals surface area contributed by atoms with Gasteiger partial charge in [-0.25, -0.2) is 0 Å². The van der Waals surface area contributed by atoms with Crippen molar-refractivity contribution in [1.82, 2.24) is 0 Å². The van der Waals surface area contributed by atoms with E-state index < -0.39 is 0 Å². The molecular weight excluding hydrogens is 286 g/mol. The van der Waals surface area contributed by atoms with Gasteiger partial charge in [0.2, 0.25) is 0 Å². The maximum Gasteiger partial charge on any atom is 0.193 e. The summed E-state index contributed by atoms with van der Waals surface area (Å²) in [5, 5.41) is 2.04. The number of carbonyl (C=O) groups is 1. The maximum absolute atomic E-state index is 12.9. The molecule has 3 aromatic rings. The minimum absolute atomic E-state index is 0.00501. The Bertz CT molecular complexity index is 868. The van der Waals surface area contributed by atoms with Crippen LogP contribution in [0.15, 0.2) is 60.7 Å². The van der Waals surface area contributed by atoms with Crippen LogP contribution in [0.4, 0.5) is 5.69 Å². The molecule has 0 aliphatic carbocycles. The first-order valence-electron chi connectivity index (χ1n) is 7.49. The van der Waals surface area contributed by atoms with Crippen molar-refractivity contribution in [3.63, 3.8) is 0 Å². The van der Waals surface area contributed by atoms with E-state index in [9.17, 15) is 4.79 Å². The minimum atomic E-state index is 0.00501. The van der Waals surface area contributed by atoms with Crippen LogP contribution in [0, 0.1) is 0 Å². The van der Waals surface area contributed by atoms with Crippen molar-refractivity contribution in [2.24, 2.45) is 0 Å². The lowest BCUT2D eigenvalue weighted by molar-refractivity contribution is 0.104. The maximum atomic E-state index is 12.9. The lowest BCUT2D eigenvalue weighted by atomic mass is 9.96. The van der Waals surface area contributed by atoms with Crippen LogP contribution in [-0.4, -0.2) is 27.0 Å². The van der Waals surface area contributed by atoms with Gasteiger partial charge in [-0.1, -0.05) is 36.4 Å². The second-order valence-electron chi connectivity index (χ2n) is 5.63. The van der Waals surface area contributed by atoms with E-state index in [0.29, 0.717) is 16.9 Å².